The summed E-state index contributed by atoms with van der Waals surface area (Å²) in [6.45, 7) is 5.97. The Bertz CT molecular complexity index is 956. The zero-order valence-corrected chi connectivity index (χ0v) is 18.6. The summed E-state index contributed by atoms with van der Waals surface area (Å²) in [4.78, 5) is 21.3. The average molecular weight is 432 g/mol. The largest absolute Gasteiger partial charge is 0.337 e. The van der Waals surface area contributed by atoms with Crippen LogP contribution in [0.3, 0.4) is 0 Å². The van der Waals surface area contributed by atoms with Crippen LogP contribution in [0.25, 0.3) is 0 Å². The van der Waals surface area contributed by atoms with Gasteiger partial charge in [0.25, 0.3) is 0 Å². The molecule has 5 heteroatoms. The number of rotatable bonds is 5. The molecule has 3 aromatic rings. The highest BCUT2D eigenvalue weighted by Gasteiger charge is 2.28. The normalized spacial score (nSPS) is 17.6. The molecular formula is C26H29N3OS. The van der Waals surface area contributed by atoms with Crippen molar-refractivity contribution in [3.63, 3.8) is 0 Å². The Balaban J connectivity index is 1.21. The van der Waals surface area contributed by atoms with Crippen LogP contribution < -0.4 is 0 Å². The van der Waals surface area contributed by atoms with Gasteiger partial charge in [0.1, 0.15) is 0 Å². The standard InChI is InChI=1S/C26H29N3OS/c30-25(29-13-11-24-23(19-29)12-18-31-24)20-27-14-16-28(17-15-27)26(21-7-3-1-4-8-21)22-9-5-2-6-10-22/h1-10,12,18,26H,11,13-17,19-20H2. The molecule has 2 aromatic carbocycles. The predicted octanol–water partition coefficient (Wildman–Crippen LogP) is 4.04. The van der Waals surface area contributed by atoms with Crippen molar-refractivity contribution in [3.05, 3.63) is 93.7 Å². The minimum absolute atomic E-state index is 0.263. The zero-order valence-electron chi connectivity index (χ0n) is 17.8. The van der Waals surface area contributed by atoms with E-state index in [4.69, 9.17) is 0 Å². The molecule has 31 heavy (non-hydrogen) atoms. The molecule has 0 N–H and O–H groups in total. The zero-order chi connectivity index (χ0) is 21.0. The molecule has 1 amide bonds. The van der Waals surface area contributed by atoms with E-state index in [1.807, 2.05) is 16.2 Å². The fourth-order valence-electron chi connectivity index (χ4n) is 4.82. The van der Waals surface area contributed by atoms with Crippen molar-refractivity contribution in [1.82, 2.24) is 14.7 Å². The van der Waals surface area contributed by atoms with Crippen LogP contribution in [0.5, 0.6) is 0 Å². The molecule has 160 valence electrons. The molecule has 0 unspecified atom stereocenters. The average Bonchev–Trinajstić information content (AvgIpc) is 3.30. The van der Waals surface area contributed by atoms with Crippen molar-refractivity contribution in [1.29, 1.82) is 0 Å². The lowest BCUT2D eigenvalue weighted by Crippen LogP contribution is -2.51. The van der Waals surface area contributed by atoms with Gasteiger partial charge in [-0.3, -0.25) is 14.6 Å². The molecule has 0 aliphatic carbocycles. The second kappa shape index (κ2) is 9.35. The topological polar surface area (TPSA) is 26.8 Å². The van der Waals surface area contributed by atoms with E-state index in [1.54, 1.807) is 0 Å². The molecule has 2 aliphatic heterocycles. The molecule has 4 nitrogen and oxygen atoms in total. The third kappa shape index (κ3) is 4.59. The van der Waals surface area contributed by atoms with Crippen LogP contribution in [-0.2, 0) is 17.8 Å². The lowest BCUT2D eigenvalue weighted by Gasteiger charge is -2.40. The Morgan fingerprint density at radius 2 is 1.48 bits per heavy atom. The van der Waals surface area contributed by atoms with E-state index in [0.717, 1.165) is 45.7 Å². The Hall–Kier alpha value is -2.47. The molecular weight excluding hydrogens is 402 g/mol. The van der Waals surface area contributed by atoms with Crippen molar-refractivity contribution < 1.29 is 4.79 Å². The van der Waals surface area contributed by atoms with E-state index in [9.17, 15) is 4.79 Å². The van der Waals surface area contributed by atoms with Crippen molar-refractivity contribution in [3.8, 4) is 0 Å². The quantitative estimate of drug-likeness (QED) is 0.610. The summed E-state index contributed by atoms with van der Waals surface area (Å²) in [7, 11) is 0. The van der Waals surface area contributed by atoms with Gasteiger partial charge in [0, 0.05) is 44.1 Å². The number of carbonyl (C=O) groups is 1. The van der Waals surface area contributed by atoms with E-state index in [1.165, 1.54) is 21.6 Å². The van der Waals surface area contributed by atoms with E-state index in [0.29, 0.717) is 6.54 Å². The Morgan fingerprint density at radius 3 is 2.13 bits per heavy atom. The lowest BCUT2D eigenvalue weighted by molar-refractivity contribution is -0.133. The van der Waals surface area contributed by atoms with Crippen LogP contribution in [-0.4, -0.2) is 59.9 Å². The number of benzene rings is 2. The van der Waals surface area contributed by atoms with Crippen molar-refractivity contribution in [2.24, 2.45) is 0 Å². The maximum Gasteiger partial charge on any atom is 0.237 e. The highest BCUT2D eigenvalue weighted by atomic mass is 32.1. The summed E-state index contributed by atoms with van der Waals surface area (Å²) in [5.74, 6) is 0.271. The second-order valence-corrected chi connectivity index (χ2v) is 9.47. The molecule has 0 saturated carbocycles. The monoisotopic (exact) mass is 431 g/mol. The Labute approximate surface area is 188 Å². The molecule has 0 bridgehead atoms. The summed E-state index contributed by atoms with van der Waals surface area (Å²) < 4.78 is 0. The number of thiophene rings is 1. The summed E-state index contributed by atoms with van der Waals surface area (Å²) in [5.41, 5.74) is 4.00. The van der Waals surface area contributed by atoms with Gasteiger partial charge in [0.15, 0.2) is 0 Å². The minimum Gasteiger partial charge on any atom is -0.337 e. The van der Waals surface area contributed by atoms with Gasteiger partial charge in [0.2, 0.25) is 5.91 Å². The fourth-order valence-corrected chi connectivity index (χ4v) is 5.71. The number of hydrogen-bond donors (Lipinski definition) is 0. The first-order valence-corrected chi connectivity index (χ1v) is 12.1. The number of nitrogens with zero attached hydrogens (tertiary/aromatic N) is 3. The summed E-state index contributed by atoms with van der Waals surface area (Å²) in [5, 5.41) is 2.15. The van der Waals surface area contributed by atoms with Gasteiger partial charge in [0.05, 0.1) is 12.6 Å². The van der Waals surface area contributed by atoms with Gasteiger partial charge < -0.3 is 4.90 Å². The number of fused-ring (bicyclic) bond motifs is 1. The van der Waals surface area contributed by atoms with Crippen LogP contribution >= 0.6 is 11.3 Å². The maximum atomic E-state index is 12.9. The maximum absolute atomic E-state index is 12.9. The highest BCUT2D eigenvalue weighted by molar-refractivity contribution is 7.10. The van der Waals surface area contributed by atoms with E-state index in [-0.39, 0.29) is 11.9 Å². The van der Waals surface area contributed by atoms with Gasteiger partial charge in [-0.25, -0.2) is 0 Å². The van der Waals surface area contributed by atoms with Gasteiger partial charge in [-0.15, -0.1) is 11.3 Å². The van der Waals surface area contributed by atoms with Gasteiger partial charge in [-0.2, -0.15) is 0 Å². The first-order valence-electron chi connectivity index (χ1n) is 11.2. The lowest BCUT2D eigenvalue weighted by atomic mass is 9.96. The fraction of sp³-hybridized carbons (Fsp3) is 0.346. The highest BCUT2D eigenvalue weighted by Crippen LogP contribution is 2.29. The predicted molar refractivity (Wildman–Crippen MR) is 126 cm³/mol. The smallest absolute Gasteiger partial charge is 0.237 e. The van der Waals surface area contributed by atoms with Crippen LogP contribution in [0.15, 0.2) is 72.1 Å². The molecule has 0 atom stereocenters. The SMILES string of the molecule is O=C(CN1CCN(C(c2ccccc2)c2ccccc2)CC1)N1CCc2sccc2C1. The number of amides is 1. The van der Waals surface area contributed by atoms with Crippen LogP contribution in [0.1, 0.15) is 27.6 Å². The van der Waals surface area contributed by atoms with Gasteiger partial charge >= 0.3 is 0 Å². The first-order chi connectivity index (χ1) is 15.3. The molecule has 1 aromatic heterocycles. The van der Waals surface area contributed by atoms with Gasteiger partial charge in [-0.1, -0.05) is 60.7 Å². The molecule has 5 rings (SSSR count). The van der Waals surface area contributed by atoms with Crippen molar-refractivity contribution in [2.75, 3.05) is 39.3 Å². The van der Waals surface area contributed by atoms with Gasteiger partial charge in [-0.05, 0) is 34.6 Å². The molecule has 2 aliphatic rings. The molecule has 1 saturated heterocycles. The third-order valence-corrected chi connectivity index (χ3v) is 7.54. The van der Waals surface area contributed by atoms with Crippen LogP contribution in [0, 0.1) is 0 Å². The summed E-state index contributed by atoms with van der Waals surface area (Å²) in [6, 6.07) is 24.0. The van der Waals surface area contributed by atoms with Crippen LogP contribution in [0.4, 0.5) is 0 Å². The van der Waals surface area contributed by atoms with E-state index < -0.39 is 0 Å². The molecule has 0 radical (unpaired) electrons. The van der Waals surface area contributed by atoms with Crippen molar-refractivity contribution >= 4 is 17.2 Å². The molecule has 0 spiro atoms. The Kier molecular flexibility index (Phi) is 6.16. The third-order valence-electron chi connectivity index (χ3n) is 6.52. The number of hydrogen-bond acceptors (Lipinski definition) is 4. The summed E-state index contributed by atoms with van der Waals surface area (Å²) in [6.07, 6.45) is 1.00. The molecule has 3 heterocycles. The first kappa shape index (κ1) is 20.4. The summed E-state index contributed by atoms with van der Waals surface area (Å²) >= 11 is 1.82. The number of carbonyl (C=O) groups excluding carboxylic acids is 1. The van der Waals surface area contributed by atoms with E-state index >= 15 is 0 Å². The number of piperazine rings is 1. The van der Waals surface area contributed by atoms with Crippen molar-refractivity contribution in [2.45, 2.75) is 19.0 Å². The van der Waals surface area contributed by atoms with Crippen LogP contribution in [0.2, 0.25) is 0 Å². The van der Waals surface area contributed by atoms with E-state index in [2.05, 4.69) is 81.9 Å². The Morgan fingerprint density at radius 1 is 0.839 bits per heavy atom. The molecule has 1 fully saturated rings. The second-order valence-electron chi connectivity index (χ2n) is 8.47. The minimum atomic E-state index is 0.263.